The number of carbonyl (C=O) groups excluding carboxylic acids is 1. The quantitative estimate of drug-likeness (QED) is 0.592. The van der Waals surface area contributed by atoms with Crippen molar-refractivity contribution in [1.29, 1.82) is 0 Å². The molecule has 2 aromatic heterocycles. The summed E-state index contributed by atoms with van der Waals surface area (Å²) in [6.07, 6.45) is 6.23. The number of nitrogens with zero attached hydrogens (tertiary/aromatic N) is 6. The van der Waals surface area contributed by atoms with E-state index in [4.69, 9.17) is 11.6 Å². The first kappa shape index (κ1) is 18.9. The summed E-state index contributed by atoms with van der Waals surface area (Å²) in [4.78, 5) is 12.4. The molecular weight excluding hydrogens is 398 g/mol. The minimum Gasteiger partial charge on any atom is -0.310 e. The number of thioether (sulfide) groups is 1. The zero-order valence-corrected chi connectivity index (χ0v) is 16.7. The third kappa shape index (κ3) is 4.36. The molecule has 0 atom stereocenters. The Balaban J connectivity index is 1.36. The lowest BCUT2D eigenvalue weighted by molar-refractivity contribution is -0.113. The van der Waals surface area contributed by atoms with Crippen molar-refractivity contribution < 1.29 is 4.79 Å². The average Bonchev–Trinajstić information content (AvgIpc) is 3.44. The molecule has 146 valence electrons. The van der Waals surface area contributed by atoms with Crippen LogP contribution < -0.4 is 5.32 Å². The van der Waals surface area contributed by atoms with Gasteiger partial charge in [-0.25, -0.2) is 9.36 Å². The van der Waals surface area contributed by atoms with E-state index in [0.717, 1.165) is 18.4 Å². The van der Waals surface area contributed by atoms with Crippen LogP contribution >= 0.6 is 23.4 Å². The van der Waals surface area contributed by atoms with Gasteiger partial charge in [-0.1, -0.05) is 54.4 Å². The van der Waals surface area contributed by atoms with E-state index in [1.165, 1.54) is 24.6 Å². The van der Waals surface area contributed by atoms with Crippen molar-refractivity contribution >= 4 is 35.1 Å². The first-order valence-electron chi connectivity index (χ1n) is 9.16. The number of hydrogen-bond donors (Lipinski definition) is 1. The molecule has 3 aromatic rings. The fourth-order valence-electron chi connectivity index (χ4n) is 3.32. The van der Waals surface area contributed by atoms with Gasteiger partial charge in [0.15, 0.2) is 0 Å². The molecule has 1 aliphatic rings. The van der Waals surface area contributed by atoms with Crippen LogP contribution in [0.2, 0.25) is 5.02 Å². The summed E-state index contributed by atoms with van der Waals surface area (Å²) < 4.78 is 3.57. The largest absolute Gasteiger partial charge is 0.310 e. The van der Waals surface area contributed by atoms with Crippen LogP contribution in [0.5, 0.6) is 0 Å². The Morgan fingerprint density at radius 3 is 2.89 bits per heavy atom. The van der Waals surface area contributed by atoms with Crippen molar-refractivity contribution in [2.75, 3.05) is 11.1 Å². The van der Waals surface area contributed by atoms with E-state index in [0.29, 0.717) is 28.6 Å². The summed E-state index contributed by atoms with van der Waals surface area (Å²) in [6, 6.07) is 9.69. The maximum atomic E-state index is 12.4. The summed E-state index contributed by atoms with van der Waals surface area (Å²) in [5.41, 5.74) is 0.938. The van der Waals surface area contributed by atoms with E-state index >= 15 is 0 Å². The van der Waals surface area contributed by atoms with E-state index in [9.17, 15) is 4.79 Å². The summed E-state index contributed by atoms with van der Waals surface area (Å²) in [5.74, 6) is 0.720. The lowest BCUT2D eigenvalue weighted by Crippen LogP contribution is -2.18. The third-order valence-electron chi connectivity index (χ3n) is 4.73. The summed E-state index contributed by atoms with van der Waals surface area (Å²) in [7, 11) is 0. The van der Waals surface area contributed by atoms with Gasteiger partial charge < -0.3 is 5.32 Å². The van der Waals surface area contributed by atoms with Crippen molar-refractivity contribution in [3.63, 3.8) is 0 Å². The molecule has 0 unspecified atom stereocenters. The van der Waals surface area contributed by atoms with Crippen molar-refractivity contribution in [2.45, 2.75) is 43.4 Å². The average molecular weight is 418 g/mol. The number of halogens is 1. The maximum Gasteiger partial charge on any atom is 0.235 e. The van der Waals surface area contributed by atoms with Crippen molar-refractivity contribution in [3.8, 4) is 0 Å². The minimum atomic E-state index is -0.133. The molecule has 10 heteroatoms. The Kier molecular flexibility index (Phi) is 5.92. The molecule has 0 saturated heterocycles. The summed E-state index contributed by atoms with van der Waals surface area (Å²) in [6.45, 7) is 0.482. The number of nitrogens with one attached hydrogen (secondary N) is 1. The second-order valence-corrected chi connectivity index (χ2v) is 8.00. The standard InChI is InChI=1S/C18H20ClN7OS/c19-15-8-4-1-5-13(15)11-25-16(9-10-20-25)21-17(27)12-28-18-22-23-24-26(18)14-6-2-3-7-14/h1,4-5,8-10,14H,2-3,6-7,11-12H2,(H,21,27). The molecular formula is C18H20ClN7OS. The molecule has 1 N–H and O–H groups in total. The fraction of sp³-hybridized carbons (Fsp3) is 0.389. The number of rotatable bonds is 7. The lowest BCUT2D eigenvalue weighted by Gasteiger charge is -2.11. The predicted molar refractivity (Wildman–Crippen MR) is 107 cm³/mol. The van der Waals surface area contributed by atoms with Crippen LogP contribution in [0.1, 0.15) is 37.3 Å². The fourth-order valence-corrected chi connectivity index (χ4v) is 4.26. The number of benzene rings is 1. The normalized spacial score (nSPS) is 14.5. The highest BCUT2D eigenvalue weighted by Crippen LogP contribution is 2.31. The van der Waals surface area contributed by atoms with Gasteiger partial charge in [0.1, 0.15) is 5.82 Å². The highest BCUT2D eigenvalue weighted by atomic mass is 35.5. The van der Waals surface area contributed by atoms with Crippen LogP contribution in [0.3, 0.4) is 0 Å². The molecule has 1 aromatic carbocycles. The second-order valence-electron chi connectivity index (χ2n) is 6.65. The first-order valence-corrected chi connectivity index (χ1v) is 10.5. The molecule has 0 spiro atoms. The van der Waals surface area contributed by atoms with Crippen LogP contribution in [0.15, 0.2) is 41.7 Å². The third-order valence-corrected chi connectivity index (χ3v) is 6.03. The number of tetrazole rings is 1. The number of amides is 1. The molecule has 4 rings (SSSR count). The summed E-state index contributed by atoms with van der Waals surface area (Å²) in [5, 5.41) is 20.5. The maximum absolute atomic E-state index is 12.4. The molecule has 1 aliphatic carbocycles. The molecule has 0 bridgehead atoms. The number of carbonyl (C=O) groups is 1. The highest BCUT2D eigenvalue weighted by Gasteiger charge is 2.22. The Hall–Kier alpha value is -2.39. The molecule has 28 heavy (non-hydrogen) atoms. The summed E-state index contributed by atoms with van der Waals surface area (Å²) >= 11 is 7.57. The van der Waals surface area contributed by atoms with Gasteiger partial charge in [-0.3, -0.25) is 4.79 Å². The zero-order chi connectivity index (χ0) is 19.3. The molecule has 0 aliphatic heterocycles. The Labute approximate surface area is 171 Å². The number of anilines is 1. The van der Waals surface area contributed by atoms with E-state index in [1.54, 1.807) is 16.9 Å². The van der Waals surface area contributed by atoms with Gasteiger partial charge in [0, 0.05) is 11.1 Å². The lowest BCUT2D eigenvalue weighted by atomic mass is 10.2. The van der Waals surface area contributed by atoms with Crippen LogP contribution in [-0.4, -0.2) is 41.6 Å². The number of aromatic nitrogens is 6. The monoisotopic (exact) mass is 417 g/mol. The molecule has 1 amide bonds. The molecule has 2 heterocycles. The molecule has 1 fully saturated rings. The van der Waals surface area contributed by atoms with E-state index < -0.39 is 0 Å². The van der Waals surface area contributed by atoms with Crippen LogP contribution in [0.25, 0.3) is 0 Å². The van der Waals surface area contributed by atoms with Gasteiger partial charge >= 0.3 is 0 Å². The smallest absolute Gasteiger partial charge is 0.235 e. The van der Waals surface area contributed by atoms with E-state index in [2.05, 4.69) is 25.9 Å². The molecule has 1 saturated carbocycles. The Morgan fingerprint density at radius 2 is 2.07 bits per heavy atom. The topological polar surface area (TPSA) is 90.5 Å². The number of hydrogen-bond acceptors (Lipinski definition) is 6. The van der Waals surface area contributed by atoms with E-state index in [-0.39, 0.29) is 11.7 Å². The zero-order valence-electron chi connectivity index (χ0n) is 15.2. The Morgan fingerprint density at radius 1 is 1.25 bits per heavy atom. The van der Waals surface area contributed by atoms with Crippen LogP contribution in [0, 0.1) is 0 Å². The van der Waals surface area contributed by atoms with Gasteiger partial charge in [-0.15, -0.1) is 5.10 Å². The molecule has 8 nitrogen and oxygen atoms in total. The van der Waals surface area contributed by atoms with E-state index in [1.807, 2.05) is 28.9 Å². The van der Waals surface area contributed by atoms with Crippen LogP contribution in [-0.2, 0) is 11.3 Å². The van der Waals surface area contributed by atoms with Crippen molar-refractivity contribution in [3.05, 3.63) is 47.1 Å². The Bertz CT molecular complexity index is 951. The minimum absolute atomic E-state index is 0.133. The SMILES string of the molecule is O=C(CSc1nnnn1C1CCCC1)Nc1ccnn1Cc1ccccc1Cl. The highest BCUT2D eigenvalue weighted by molar-refractivity contribution is 7.99. The van der Waals surface area contributed by atoms with Gasteiger partial charge in [0.25, 0.3) is 0 Å². The molecule has 0 radical (unpaired) electrons. The van der Waals surface area contributed by atoms with Gasteiger partial charge in [-0.2, -0.15) is 5.10 Å². The van der Waals surface area contributed by atoms with Gasteiger partial charge in [-0.05, 0) is 34.9 Å². The van der Waals surface area contributed by atoms with Crippen molar-refractivity contribution in [2.24, 2.45) is 0 Å². The van der Waals surface area contributed by atoms with Crippen LogP contribution in [0.4, 0.5) is 5.82 Å². The van der Waals surface area contributed by atoms with Gasteiger partial charge in [0.05, 0.1) is 24.5 Å². The second kappa shape index (κ2) is 8.74. The van der Waals surface area contributed by atoms with Crippen molar-refractivity contribution in [1.82, 2.24) is 30.0 Å². The first-order chi connectivity index (χ1) is 13.7. The van der Waals surface area contributed by atoms with Gasteiger partial charge in [0.2, 0.25) is 11.1 Å². The predicted octanol–water partition coefficient (Wildman–Crippen LogP) is 3.42.